The topological polar surface area (TPSA) is 12.5 Å². The minimum Gasteiger partial charge on any atom is -0.496 e. The molecule has 0 spiro atoms. The molecule has 0 bridgehead atoms. The molecule has 2 aromatic rings. The van der Waals surface area contributed by atoms with Gasteiger partial charge in [0.15, 0.2) is 0 Å². The van der Waals surface area contributed by atoms with Crippen LogP contribution in [0.3, 0.4) is 0 Å². The van der Waals surface area contributed by atoms with Crippen molar-refractivity contribution in [3.8, 4) is 5.75 Å². The van der Waals surface area contributed by atoms with Crippen molar-refractivity contribution in [1.82, 2.24) is 4.90 Å². The Morgan fingerprint density at radius 2 is 2.11 bits per heavy atom. The van der Waals surface area contributed by atoms with Gasteiger partial charge in [-0.1, -0.05) is 45.9 Å². The molecule has 0 fully saturated rings. The number of ether oxygens (including phenoxy) is 1. The average molecular weight is 400 g/mol. The number of hydrogen-bond acceptors (Lipinski definition) is 4. The Morgan fingerprint density at radius 1 is 1.19 bits per heavy atom. The second kappa shape index (κ2) is 8.93. The highest BCUT2D eigenvalue weighted by Gasteiger charge is 2.23. The first-order chi connectivity index (χ1) is 13.2. The van der Waals surface area contributed by atoms with Crippen LogP contribution in [0.2, 0.25) is 0 Å². The smallest absolute Gasteiger partial charge is 0.122 e. The van der Waals surface area contributed by atoms with E-state index in [2.05, 4.69) is 48.3 Å². The van der Waals surface area contributed by atoms with Crippen molar-refractivity contribution in [3.63, 3.8) is 0 Å². The van der Waals surface area contributed by atoms with E-state index in [1.165, 1.54) is 46.6 Å². The highest BCUT2D eigenvalue weighted by atomic mass is 33.1. The second-order valence-corrected chi connectivity index (χ2v) is 10.2. The van der Waals surface area contributed by atoms with Crippen molar-refractivity contribution >= 4 is 21.6 Å². The molecule has 27 heavy (non-hydrogen) atoms. The quantitative estimate of drug-likeness (QED) is 0.587. The summed E-state index contributed by atoms with van der Waals surface area (Å²) < 4.78 is 5.60. The molecule has 4 rings (SSSR count). The Balaban J connectivity index is 1.37. The summed E-state index contributed by atoms with van der Waals surface area (Å²) in [6.45, 7) is 2.26. The highest BCUT2D eigenvalue weighted by Crippen LogP contribution is 2.39. The van der Waals surface area contributed by atoms with Crippen LogP contribution in [0.5, 0.6) is 5.75 Å². The van der Waals surface area contributed by atoms with Crippen LogP contribution in [-0.4, -0.2) is 37.9 Å². The van der Waals surface area contributed by atoms with Crippen LogP contribution in [0.1, 0.15) is 41.0 Å². The lowest BCUT2D eigenvalue weighted by molar-refractivity contribution is 0.299. The van der Waals surface area contributed by atoms with Crippen LogP contribution < -0.4 is 4.74 Å². The van der Waals surface area contributed by atoms with Crippen LogP contribution in [0.15, 0.2) is 41.3 Å². The number of methoxy groups -OCH3 is 1. The first kappa shape index (κ1) is 19.2. The van der Waals surface area contributed by atoms with Crippen molar-refractivity contribution in [3.05, 3.63) is 58.7 Å². The Morgan fingerprint density at radius 3 is 3.00 bits per heavy atom. The number of hydrogen-bond donors (Lipinski definition) is 0. The van der Waals surface area contributed by atoms with E-state index < -0.39 is 0 Å². The summed E-state index contributed by atoms with van der Waals surface area (Å²) >= 11 is 0. The van der Waals surface area contributed by atoms with Crippen LogP contribution in [0.4, 0.5) is 0 Å². The van der Waals surface area contributed by atoms with Crippen molar-refractivity contribution in [2.45, 2.75) is 42.9 Å². The lowest BCUT2D eigenvalue weighted by atomic mass is 9.82. The fraction of sp³-hybridized carbons (Fsp3) is 0.478. The molecule has 0 aromatic heterocycles. The van der Waals surface area contributed by atoms with Gasteiger partial charge in [0.2, 0.25) is 0 Å². The van der Waals surface area contributed by atoms with Crippen molar-refractivity contribution in [2.75, 3.05) is 33.0 Å². The van der Waals surface area contributed by atoms with Crippen LogP contribution >= 0.6 is 21.6 Å². The molecule has 0 N–H and O–H groups in total. The molecule has 4 heteroatoms. The van der Waals surface area contributed by atoms with E-state index in [0.29, 0.717) is 5.92 Å². The van der Waals surface area contributed by atoms with Gasteiger partial charge < -0.3 is 9.64 Å². The van der Waals surface area contributed by atoms with E-state index in [1.807, 2.05) is 21.6 Å². The largest absolute Gasteiger partial charge is 0.496 e. The lowest BCUT2D eigenvalue weighted by Crippen LogP contribution is -2.28. The maximum absolute atomic E-state index is 5.60. The maximum atomic E-state index is 5.60. The van der Waals surface area contributed by atoms with Gasteiger partial charge in [0.05, 0.1) is 7.11 Å². The predicted molar refractivity (Wildman–Crippen MR) is 118 cm³/mol. The minimum atomic E-state index is 0.630. The molecule has 0 amide bonds. The number of benzene rings is 2. The normalized spacial score (nSPS) is 18.9. The number of nitrogens with zero attached hydrogens (tertiary/aromatic N) is 1. The first-order valence-corrected chi connectivity index (χ1v) is 12.3. The maximum Gasteiger partial charge on any atom is 0.122 e. The number of rotatable bonds is 6. The fourth-order valence-electron chi connectivity index (χ4n) is 4.40. The molecule has 1 atom stereocenters. The van der Waals surface area contributed by atoms with Crippen molar-refractivity contribution < 1.29 is 4.74 Å². The van der Waals surface area contributed by atoms with E-state index >= 15 is 0 Å². The van der Waals surface area contributed by atoms with E-state index in [1.54, 1.807) is 12.7 Å². The van der Waals surface area contributed by atoms with Gasteiger partial charge in [0.1, 0.15) is 5.75 Å². The molecule has 0 radical (unpaired) electrons. The summed E-state index contributed by atoms with van der Waals surface area (Å²) in [6, 6.07) is 13.7. The van der Waals surface area contributed by atoms with Gasteiger partial charge in [0.25, 0.3) is 0 Å². The van der Waals surface area contributed by atoms with E-state index in [9.17, 15) is 0 Å². The molecule has 1 unspecified atom stereocenters. The molecule has 0 saturated heterocycles. The van der Waals surface area contributed by atoms with E-state index in [-0.39, 0.29) is 0 Å². The van der Waals surface area contributed by atoms with Crippen molar-refractivity contribution in [2.24, 2.45) is 0 Å². The first-order valence-electron chi connectivity index (χ1n) is 10.00. The third-order valence-corrected chi connectivity index (χ3v) is 8.31. The zero-order valence-electron chi connectivity index (χ0n) is 16.4. The predicted octanol–water partition coefficient (Wildman–Crippen LogP) is 5.59. The molecule has 1 aliphatic heterocycles. The Kier molecular flexibility index (Phi) is 6.36. The van der Waals surface area contributed by atoms with Gasteiger partial charge in [-0.25, -0.2) is 0 Å². The van der Waals surface area contributed by atoms with Gasteiger partial charge in [-0.15, -0.1) is 0 Å². The molecule has 1 aliphatic carbocycles. The Hall–Kier alpha value is -1.10. The number of aryl methyl sites for hydroxylation is 1. The summed E-state index contributed by atoms with van der Waals surface area (Å²) in [4.78, 5) is 3.99. The number of fused-ring (bicyclic) bond motifs is 2. The SMILES string of the molecule is COc1cccc2c1CCCC2CN(C)CCc1ccc2c(c1)CCSS2. The van der Waals surface area contributed by atoms with Gasteiger partial charge >= 0.3 is 0 Å². The molecule has 1 heterocycles. The third-order valence-electron chi connectivity index (χ3n) is 5.85. The monoisotopic (exact) mass is 399 g/mol. The summed E-state index contributed by atoms with van der Waals surface area (Å²) in [5, 5.41) is 0. The van der Waals surface area contributed by atoms with Gasteiger partial charge in [-0.3, -0.25) is 0 Å². The fourth-order valence-corrected chi connectivity index (χ4v) is 6.68. The standard InChI is InChI=1S/C23H29NOS2/c1-24(13-11-17-9-10-23-18(15-17)12-14-26-27-23)16-19-5-3-7-21-20(19)6-4-8-22(21)25-2/h4,6,8-10,15,19H,3,5,7,11-14,16H2,1-2H3. The van der Waals surface area contributed by atoms with Gasteiger partial charge in [-0.05, 0) is 79.5 Å². The van der Waals surface area contributed by atoms with Crippen LogP contribution in [-0.2, 0) is 19.3 Å². The molecule has 2 nitrogen and oxygen atoms in total. The van der Waals surface area contributed by atoms with Crippen LogP contribution in [0.25, 0.3) is 0 Å². The highest BCUT2D eigenvalue weighted by molar-refractivity contribution is 8.76. The zero-order chi connectivity index (χ0) is 18.6. The average Bonchev–Trinajstić information content (AvgIpc) is 2.72. The molecule has 0 saturated carbocycles. The Labute approximate surface area is 171 Å². The van der Waals surface area contributed by atoms with Gasteiger partial charge in [-0.2, -0.15) is 0 Å². The zero-order valence-corrected chi connectivity index (χ0v) is 18.0. The molecular weight excluding hydrogens is 370 g/mol. The Bertz CT molecular complexity index is 792. The molecule has 2 aliphatic rings. The molecular formula is C23H29NOS2. The second-order valence-electron chi connectivity index (χ2n) is 7.73. The van der Waals surface area contributed by atoms with Crippen molar-refractivity contribution in [1.29, 1.82) is 0 Å². The summed E-state index contributed by atoms with van der Waals surface area (Å²) in [6.07, 6.45) is 6.08. The van der Waals surface area contributed by atoms with E-state index in [4.69, 9.17) is 4.74 Å². The third kappa shape index (κ3) is 4.49. The summed E-state index contributed by atoms with van der Waals surface area (Å²) in [5.74, 6) is 2.95. The van der Waals surface area contributed by atoms with Crippen LogP contribution in [0, 0.1) is 0 Å². The summed E-state index contributed by atoms with van der Waals surface area (Å²) in [5.41, 5.74) is 5.98. The van der Waals surface area contributed by atoms with E-state index in [0.717, 1.165) is 31.7 Å². The number of likely N-dealkylation sites (N-methyl/N-ethyl adjacent to an activating group) is 1. The molecule has 144 valence electrons. The summed E-state index contributed by atoms with van der Waals surface area (Å²) in [7, 11) is 7.99. The van der Waals surface area contributed by atoms with Gasteiger partial charge in [0, 0.05) is 23.7 Å². The minimum absolute atomic E-state index is 0.630. The molecule has 2 aromatic carbocycles. The lowest BCUT2D eigenvalue weighted by Gasteiger charge is -2.30.